The van der Waals surface area contributed by atoms with E-state index in [0.717, 1.165) is 12.8 Å². The van der Waals surface area contributed by atoms with E-state index in [1.165, 1.54) is 0 Å². The Morgan fingerprint density at radius 2 is 1.68 bits per heavy atom. The summed E-state index contributed by atoms with van der Waals surface area (Å²) in [6, 6.07) is -0.517. The number of hydrogen-bond donors (Lipinski definition) is 3. The molecule has 0 bridgehead atoms. The fraction of sp³-hybridized carbons (Fsp3) is 0.882. The Hall–Kier alpha value is -0.780. The summed E-state index contributed by atoms with van der Waals surface area (Å²) in [4.78, 5) is 24.8. The Morgan fingerprint density at radius 1 is 1.09 bits per heavy atom. The zero-order valence-electron chi connectivity index (χ0n) is 14.8. The molecule has 0 heterocycles. The zero-order chi connectivity index (χ0) is 17.3. The molecular formula is C17H34N2O3. The molecule has 5 heteroatoms. The van der Waals surface area contributed by atoms with Gasteiger partial charge in [-0.3, -0.25) is 9.59 Å². The van der Waals surface area contributed by atoms with Gasteiger partial charge in [-0.15, -0.1) is 0 Å². The predicted molar refractivity (Wildman–Crippen MR) is 89.6 cm³/mol. The maximum atomic E-state index is 12.5. The van der Waals surface area contributed by atoms with Crippen molar-refractivity contribution >= 4 is 11.6 Å². The van der Waals surface area contributed by atoms with Crippen molar-refractivity contribution in [3.63, 3.8) is 0 Å². The van der Waals surface area contributed by atoms with Crippen LogP contribution in [0.4, 0.5) is 0 Å². The molecule has 0 amide bonds. The van der Waals surface area contributed by atoms with Crippen LogP contribution >= 0.6 is 0 Å². The molecular weight excluding hydrogens is 280 g/mol. The number of unbranched alkanes of at least 4 members (excludes halogenated alkanes) is 1. The molecule has 0 radical (unpaired) electrons. The maximum absolute atomic E-state index is 12.5. The second kappa shape index (κ2) is 10.9. The molecule has 22 heavy (non-hydrogen) atoms. The van der Waals surface area contributed by atoms with Crippen LogP contribution in [-0.2, 0) is 9.59 Å². The lowest BCUT2D eigenvalue weighted by Crippen LogP contribution is -2.48. The molecule has 3 atom stereocenters. The van der Waals surface area contributed by atoms with Crippen molar-refractivity contribution in [2.45, 2.75) is 78.5 Å². The fourth-order valence-corrected chi connectivity index (χ4v) is 2.58. The fourth-order valence-electron chi connectivity index (χ4n) is 2.58. The molecule has 0 aromatic carbocycles. The number of aliphatic hydroxyl groups excluding tert-OH is 1. The maximum Gasteiger partial charge on any atom is 0.153 e. The average Bonchev–Trinajstić information content (AvgIpc) is 2.42. The highest BCUT2D eigenvalue weighted by molar-refractivity contribution is 5.91. The van der Waals surface area contributed by atoms with Gasteiger partial charge in [0, 0.05) is 24.3 Å². The normalized spacial score (nSPS) is 15.9. The van der Waals surface area contributed by atoms with Gasteiger partial charge in [-0.2, -0.15) is 0 Å². The van der Waals surface area contributed by atoms with Gasteiger partial charge < -0.3 is 16.2 Å². The number of Topliss-reactive ketones (excluding diaryl/α,β-unsaturated/α-hetero) is 2. The van der Waals surface area contributed by atoms with Gasteiger partial charge in [0.15, 0.2) is 5.78 Å². The van der Waals surface area contributed by atoms with Crippen LogP contribution in [0.2, 0.25) is 0 Å². The second-order valence-electron chi connectivity index (χ2n) is 6.75. The molecule has 0 aromatic heterocycles. The topological polar surface area (TPSA) is 92.4 Å². The van der Waals surface area contributed by atoms with Crippen molar-refractivity contribution in [3.05, 3.63) is 0 Å². The van der Waals surface area contributed by atoms with Crippen molar-refractivity contribution < 1.29 is 14.7 Å². The Morgan fingerprint density at radius 3 is 2.09 bits per heavy atom. The van der Waals surface area contributed by atoms with Crippen LogP contribution in [0, 0.1) is 11.8 Å². The monoisotopic (exact) mass is 314 g/mol. The number of nitrogens with one attached hydrogen (secondary N) is 1. The summed E-state index contributed by atoms with van der Waals surface area (Å²) in [5.74, 6) is -0.317. The zero-order valence-corrected chi connectivity index (χ0v) is 14.8. The highest BCUT2D eigenvalue weighted by Gasteiger charge is 2.29. The summed E-state index contributed by atoms with van der Waals surface area (Å²) in [5.41, 5.74) is 5.50. The molecule has 0 saturated heterocycles. The van der Waals surface area contributed by atoms with Crippen molar-refractivity contribution in [3.8, 4) is 0 Å². The number of nitrogens with two attached hydrogens (primary N) is 1. The SMILES string of the molecule is CC(C)N[C@H](C(=O)C[C@@H](CCCCN)C(=O)C(C)C)C(C)O. The summed E-state index contributed by atoms with van der Waals surface area (Å²) in [6.07, 6.45) is 1.82. The van der Waals surface area contributed by atoms with E-state index in [0.29, 0.717) is 13.0 Å². The van der Waals surface area contributed by atoms with E-state index in [1.807, 2.05) is 27.7 Å². The molecule has 0 aliphatic rings. The molecule has 130 valence electrons. The van der Waals surface area contributed by atoms with E-state index < -0.39 is 12.1 Å². The molecule has 5 nitrogen and oxygen atoms in total. The number of rotatable bonds is 12. The van der Waals surface area contributed by atoms with Gasteiger partial charge in [0.05, 0.1) is 12.1 Å². The van der Waals surface area contributed by atoms with E-state index >= 15 is 0 Å². The molecule has 0 spiro atoms. The van der Waals surface area contributed by atoms with Crippen LogP contribution in [-0.4, -0.2) is 41.4 Å². The summed E-state index contributed by atoms with van der Waals surface area (Å²) in [7, 11) is 0. The third-order valence-electron chi connectivity index (χ3n) is 3.77. The van der Waals surface area contributed by atoms with Crippen molar-refractivity contribution in [2.75, 3.05) is 6.54 Å². The standard InChI is InChI=1S/C17H34N2O3/c1-11(2)17(22)14(8-6-7-9-18)10-15(21)16(13(5)20)19-12(3)4/h11-14,16,19-20H,6-10,18H2,1-5H3/t13?,14-,16+/m1/s1. The molecule has 0 saturated carbocycles. The van der Waals surface area contributed by atoms with Gasteiger partial charge in [0.1, 0.15) is 5.78 Å². The molecule has 0 fully saturated rings. The van der Waals surface area contributed by atoms with Gasteiger partial charge in [0.25, 0.3) is 0 Å². The lowest BCUT2D eigenvalue weighted by atomic mass is 9.85. The van der Waals surface area contributed by atoms with E-state index in [2.05, 4.69) is 5.32 Å². The first-order chi connectivity index (χ1) is 10.2. The Kier molecular flexibility index (Phi) is 10.5. The van der Waals surface area contributed by atoms with Gasteiger partial charge in [-0.25, -0.2) is 0 Å². The van der Waals surface area contributed by atoms with Crippen LogP contribution in [0.15, 0.2) is 0 Å². The van der Waals surface area contributed by atoms with Crippen LogP contribution in [0.25, 0.3) is 0 Å². The third-order valence-corrected chi connectivity index (χ3v) is 3.77. The number of carbonyl (C=O) groups excluding carboxylic acids is 2. The number of ketones is 2. The molecule has 0 rings (SSSR count). The van der Waals surface area contributed by atoms with Gasteiger partial charge in [-0.1, -0.05) is 34.1 Å². The lowest BCUT2D eigenvalue weighted by Gasteiger charge is -2.25. The second-order valence-corrected chi connectivity index (χ2v) is 6.75. The first kappa shape index (κ1) is 21.2. The highest BCUT2D eigenvalue weighted by atomic mass is 16.3. The first-order valence-electron chi connectivity index (χ1n) is 8.41. The number of hydrogen-bond acceptors (Lipinski definition) is 5. The molecule has 1 unspecified atom stereocenters. The Bertz CT molecular complexity index is 341. The molecule has 0 aliphatic carbocycles. The summed E-state index contributed by atoms with van der Waals surface area (Å²) >= 11 is 0. The number of aliphatic hydroxyl groups is 1. The predicted octanol–water partition coefficient (Wildman–Crippen LogP) is 1.66. The van der Waals surface area contributed by atoms with Crippen LogP contribution < -0.4 is 11.1 Å². The smallest absolute Gasteiger partial charge is 0.153 e. The summed E-state index contributed by atoms with van der Waals surface area (Å²) in [6.45, 7) is 9.79. The summed E-state index contributed by atoms with van der Waals surface area (Å²) in [5, 5.41) is 12.9. The Labute approximate surface area is 135 Å². The Balaban J connectivity index is 4.86. The highest BCUT2D eigenvalue weighted by Crippen LogP contribution is 2.20. The van der Waals surface area contributed by atoms with E-state index in [-0.39, 0.29) is 35.9 Å². The van der Waals surface area contributed by atoms with E-state index in [1.54, 1.807) is 6.92 Å². The van der Waals surface area contributed by atoms with Gasteiger partial charge >= 0.3 is 0 Å². The molecule has 0 aliphatic heterocycles. The van der Waals surface area contributed by atoms with Crippen molar-refractivity contribution in [1.82, 2.24) is 5.32 Å². The van der Waals surface area contributed by atoms with Gasteiger partial charge in [-0.05, 0) is 26.3 Å². The minimum absolute atomic E-state index is 0.0845. The minimum Gasteiger partial charge on any atom is -0.391 e. The quantitative estimate of drug-likeness (QED) is 0.476. The lowest BCUT2D eigenvalue weighted by molar-refractivity contribution is -0.132. The largest absolute Gasteiger partial charge is 0.391 e. The van der Waals surface area contributed by atoms with Crippen LogP contribution in [0.3, 0.4) is 0 Å². The van der Waals surface area contributed by atoms with Crippen molar-refractivity contribution in [1.29, 1.82) is 0 Å². The molecule has 0 aromatic rings. The van der Waals surface area contributed by atoms with Crippen LogP contribution in [0.1, 0.15) is 60.3 Å². The average molecular weight is 314 g/mol. The van der Waals surface area contributed by atoms with Crippen LogP contribution in [0.5, 0.6) is 0 Å². The first-order valence-corrected chi connectivity index (χ1v) is 8.41. The minimum atomic E-state index is -0.770. The third kappa shape index (κ3) is 8.01. The van der Waals surface area contributed by atoms with Crippen molar-refractivity contribution in [2.24, 2.45) is 17.6 Å². The molecule has 4 N–H and O–H groups in total. The van der Waals surface area contributed by atoms with Gasteiger partial charge in [0.2, 0.25) is 0 Å². The van der Waals surface area contributed by atoms with E-state index in [9.17, 15) is 14.7 Å². The van der Waals surface area contributed by atoms with E-state index in [4.69, 9.17) is 5.73 Å². The summed E-state index contributed by atoms with van der Waals surface area (Å²) < 4.78 is 0. The number of carbonyl (C=O) groups is 2.